The Morgan fingerprint density at radius 2 is 1.85 bits per heavy atom. The monoisotopic (exact) mass is 383 g/mol. The molecule has 1 unspecified atom stereocenters. The summed E-state index contributed by atoms with van der Waals surface area (Å²) >= 11 is 1.28. The van der Waals surface area contributed by atoms with E-state index in [2.05, 4.69) is 0 Å². The largest absolute Gasteiger partial charge is 0.486 e. The van der Waals surface area contributed by atoms with Gasteiger partial charge in [-0.1, -0.05) is 30.3 Å². The molecule has 1 aliphatic rings. The molecule has 27 heavy (non-hydrogen) atoms. The lowest BCUT2D eigenvalue weighted by Crippen LogP contribution is -2.41. The fourth-order valence-electron chi connectivity index (χ4n) is 2.99. The van der Waals surface area contributed by atoms with E-state index in [1.807, 2.05) is 24.3 Å². The van der Waals surface area contributed by atoms with Gasteiger partial charge in [-0.15, -0.1) is 11.3 Å². The molecule has 0 bridgehead atoms. The standard InChI is InChI=1S/C21H18FNO3S/c1-23(12-14-13-25-17-8-4-5-9-18(17)26-14)21(24)20-11-10-19(27-20)15-6-2-3-7-16(15)22/h2-11,14H,12-13H2,1H3. The van der Waals surface area contributed by atoms with Gasteiger partial charge in [-0.3, -0.25) is 4.79 Å². The average molecular weight is 383 g/mol. The van der Waals surface area contributed by atoms with Gasteiger partial charge in [-0.2, -0.15) is 0 Å². The summed E-state index contributed by atoms with van der Waals surface area (Å²) in [5, 5.41) is 0. The maximum absolute atomic E-state index is 14.0. The van der Waals surface area contributed by atoms with Crippen molar-refractivity contribution in [2.24, 2.45) is 0 Å². The minimum atomic E-state index is -0.293. The molecule has 0 aliphatic carbocycles. The summed E-state index contributed by atoms with van der Waals surface area (Å²) in [6, 6.07) is 17.6. The van der Waals surface area contributed by atoms with Crippen molar-refractivity contribution in [2.45, 2.75) is 6.10 Å². The van der Waals surface area contributed by atoms with Gasteiger partial charge in [-0.25, -0.2) is 4.39 Å². The SMILES string of the molecule is CN(CC1COc2ccccc2O1)C(=O)c1ccc(-c2ccccc2F)s1. The highest BCUT2D eigenvalue weighted by molar-refractivity contribution is 7.17. The topological polar surface area (TPSA) is 38.8 Å². The van der Waals surface area contributed by atoms with Crippen molar-refractivity contribution in [3.8, 4) is 21.9 Å². The second-order valence-corrected chi connectivity index (χ2v) is 7.41. The van der Waals surface area contributed by atoms with Crippen molar-refractivity contribution < 1.29 is 18.7 Å². The quantitative estimate of drug-likeness (QED) is 0.667. The molecule has 2 heterocycles. The summed E-state index contributed by atoms with van der Waals surface area (Å²) in [6.45, 7) is 0.791. The molecule has 6 heteroatoms. The van der Waals surface area contributed by atoms with Crippen molar-refractivity contribution in [1.29, 1.82) is 0 Å². The molecule has 2 aromatic carbocycles. The molecule has 0 saturated carbocycles. The van der Waals surface area contributed by atoms with E-state index >= 15 is 0 Å². The number of halogens is 1. The van der Waals surface area contributed by atoms with Crippen LogP contribution in [0.3, 0.4) is 0 Å². The summed E-state index contributed by atoms with van der Waals surface area (Å²) in [6.07, 6.45) is -0.236. The molecular weight excluding hydrogens is 365 g/mol. The molecule has 138 valence electrons. The van der Waals surface area contributed by atoms with Crippen LogP contribution in [0, 0.1) is 5.82 Å². The Labute approximate surface area is 160 Å². The lowest BCUT2D eigenvalue weighted by Gasteiger charge is -2.29. The third kappa shape index (κ3) is 3.66. The Kier molecular flexibility index (Phi) is 4.81. The maximum Gasteiger partial charge on any atom is 0.263 e. The zero-order chi connectivity index (χ0) is 18.8. The van der Waals surface area contributed by atoms with Crippen molar-refractivity contribution in [1.82, 2.24) is 4.90 Å². The van der Waals surface area contributed by atoms with Gasteiger partial charge in [0, 0.05) is 17.5 Å². The molecule has 0 saturated heterocycles. The molecule has 0 spiro atoms. The molecule has 1 aliphatic heterocycles. The van der Waals surface area contributed by atoms with Gasteiger partial charge >= 0.3 is 0 Å². The lowest BCUT2D eigenvalue weighted by atomic mass is 10.2. The van der Waals surface area contributed by atoms with E-state index in [4.69, 9.17) is 9.47 Å². The number of likely N-dealkylation sites (N-methyl/N-ethyl adjacent to an activating group) is 1. The summed E-state index contributed by atoms with van der Waals surface area (Å²) in [5.41, 5.74) is 0.504. The molecule has 4 nitrogen and oxygen atoms in total. The van der Waals surface area contributed by atoms with Gasteiger partial charge in [0.15, 0.2) is 17.6 Å². The molecule has 1 aromatic heterocycles. The van der Waals surface area contributed by atoms with E-state index in [-0.39, 0.29) is 17.8 Å². The number of carbonyl (C=O) groups is 1. The van der Waals surface area contributed by atoms with Crippen LogP contribution in [0.4, 0.5) is 4.39 Å². The first-order valence-corrected chi connectivity index (χ1v) is 9.42. The van der Waals surface area contributed by atoms with Crippen LogP contribution in [0.5, 0.6) is 11.5 Å². The van der Waals surface area contributed by atoms with E-state index in [1.54, 1.807) is 42.3 Å². The maximum atomic E-state index is 14.0. The second-order valence-electron chi connectivity index (χ2n) is 6.33. The molecule has 0 fully saturated rings. The average Bonchev–Trinajstić information content (AvgIpc) is 3.17. The van der Waals surface area contributed by atoms with Gasteiger partial charge < -0.3 is 14.4 Å². The number of nitrogens with zero attached hydrogens (tertiary/aromatic N) is 1. The summed E-state index contributed by atoms with van der Waals surface area (Å²) in [7, 11) is 1.73. The Morgan fingerprint density at radius 1 is 1.11 bits per heavy atom. The predicted octanol–water partition coefficient (Wildman–Crippen LogP) is 4.47. The lowest BCUT2D eigenvalue weighted by molar-refractivity contribution is 0.0524. The molecule has 3 aromatic rings. The minimum absolute atomic E-state index is 0.120. The fraction of sp³-hybridized carbons (Fsp3) is 0.190. The third-order valence-electron chi connectivity index (χ3n) is 4.35. The summed E-state index contributed by atoms with van der Waals surface area (Å²) in [5.74, 6) is 0.992. The van der Waals surface area contributed by atoms with E-state index < -0.39 is 0 Å². The number of hydrogen-bond acceptors (Lipinski definition) is 4. The second kappa shape index (κ2) is 7.40. The number of hydrogen-bond donors (Lipinski definition) is 0. The van der Waals surface area contributed by atoms with Gasteiger partial charge in [0.1, 0.15) is 12.4 Å². The molecule has 0 radical (unpaired) electrons. The number of thiophene rings is 1. The smallest absolute Gasteiger partial charge is 0.263 e. The van der Waals surface area contributed by atoms with Gasteiger partial charge in [0.2, 0.25) is 0 Å². The predicted molar refractivity (Wildman–Crippen MR) is 103 cm³/mol. The highest BCUT2D eigenvalue weighted by atomic mass is 32.1. The highest BCUT2D eigenvalue weighted by Crippen LogP contribution is 2.32. The Bertz CT molecular complexity index is 971. The van der Waals surface area contributed by atoms with E-state index in [1.165, 1.54) is 17.4 Å². The first-order chi connectivity index (χ1) is 13.1. The molecule has 1 atom stereocenters. The summed E-state index contributed by atoms with van der Waals surface area (Å²) < 4.78 is 25.6. The first kappa shape index (κ1) is 17.5. The van der Waals surface area contributed by atoms with Crippen LogP contribution in [0.2, 0.25) is 0 Å². The van der Waals surface area contributed by atoms with Crippen molar-refractivity contribution in [3.63, 3.8) is 0 Å². The van der Waals surface area contributed by atoms with Crippen LogP contribution in [-0.4, -0.2) is 37.1 Å². The Hall–Kier alpha value is -2.86. The van der Waals surface area contributed by atoms with E-state index in [0.717, 1.165) is 10.6 Å². The minimum Gasteiger partial charge on any atom is -0.486 e. The number of rotatable bonds is 4. The number of para-hydroxylation sites is 2. The van der Waals surface area contributed by atoms with Crippen molar-refractivity contribution in [2.75, 3.05) is 20.2 Å². The molecule has 4 rings (SSSR count). The van der Waals surface area contributed by atoms with Crippen LogP contribution >= 0.6 is 11.3 Å². The van der Waals surface area contributed by atoms with Crippen LogP contribution in [0.1, 0.15) is 9.67 Å². The zero-order valence-corrected chi connectivity index (χ0v) is 15.5. The Morgan fingerprint density at radius 3 is 2.67 bits per heavy atom. The number of amides is 1. The summed E-state index contributed by atoms with van der Waals surface area (Å²) in [4.78, 5) is 15.6. The van der Waals surface area contributed by atoms with E-state index in [0.29, 0.717) is 29.3 Å². The van der Waals surface area contributed by atoms with Crippen molar-refractivity contribution in [3.05, 3.63) is 71.4 Å². The number of benzene rings is 2. The van der Waals surface area contributed by atoms with Crippen LogP contribution in [0.25, 0.3) is 10.4 Å². The fourth-order valence-corrected chi connectivity index (χ4v) is 4.02. The number of carbonyl (C=O) groups excluding carboxylic acids is 1. The van der Waals surface area contributed by atoms with Gasteiger partial charge in [0.05, 0.1) is 11.4 Å². The highest BCUT2D eigenvalue weighted by Gasteiger charge is 2.25. The van der Waals surface area contributed by atoms with Crippen LogP contribution < -0.4 is 9.47 Å². The molecular formula is C21H18FNO3S. The zero-order valence-electron chi connectivity index (χ0n) is 14.7. The first-order valence-electron chi connectivity index (χ1n) is 8.60. The van der Waals surface area contributed by atoms with Crippen LogP contribution in [-0.2, 0) is 0 Å². The normalized spacial score (nSPS) is 15.4. The number of ether oxygens (including phenoxy) is 2. The van der Waals surface area contributed by atoms with Crippen molar-refractivity contribution >= 4 is 17.2 Å². The van der Waals surface area contributed by atoms with Gasteiger partial charge in [-0.05, 0) is 30.3 Å². The number of fused-ring (bicyclic) bond motifs is 1. The van der Waals surface area contributed by atoms with Gasteiger partial charge in [0.25, 0.3) is 5.91 Å². The van der Waals surface area contributed by atoms with Crippen LogP contribution in [0.15, 0.2) is 60.7 Å². The van der Waals surface area contributed by atoms with E-state index in [9.17, 15) is 9.18 Å². The molecule has 0 N–H and O–H groups in total. The Balaban J connectivity index is 1.44. The molecule has 1 amide bonds. The third-order valence-corrected chi connectivity index (χ3v) is 5.45.